The Morgan fingerprint density at radius 3 is 2.47 bits per heavy atom. The number of hydrogen-bond acceptors (Lipinski definition) is 7. The van der Waals surface area contributed by atoms with Crippen molar-refractivity contribution in [3.05, 3.63) is 41.1 Å². The lowest BCUT2D eigenvalue weighted by atomic mass is 9.94. The first kappa shape index (κ1) is 25.4. The highest BCUT2D eigenvalue weighted by Gasteiger charge is 2.35. The highest BCUT2D eigenvalue weighted by molar-refractivity contribution is 5.95. The number of piperazine rings is 1. The van der Waals surface area contributed by atoms with Crippen LogP contribution in [0.1, 0.15) is 39.3 Å². The molecule has 1 atom stereocenters. The SMILES string of the molecule is CCOC(=O)C1=C(CN2CCN(C(=O)OC(C)(C)C)CC2)NC(=O)NC1c1cccc(OC)c1. The van der Waals surface area contributed by atoms with E-state index in [9.17, 15) is 14.4 Å². The minimum Gasteiger partial charge on any atom is -0.497 e. The molecule has 0 spiro atoms. The number of methoxy groups -OCH3 is 1. The summed E-state index contributed by atoms with van der Waals surface area (Å²) in [6.07, 6.45) is -0.341. The standard InChI is InChI=1S/C24H34N4O6/c1-6-33-21(29)19-18(15-27-10-12-28(13-11-27)23(31)34-24(2,3)4)25-22(30)26-20(19)16-8-7-9-17(14-16)32-5/h7-9,14,20H,6,10-13,15H2,1-5H3,(H2,25,26,30). The molecule has 3 rings (SSSR count). The third-order valence-corrected chi connectivity index (χ3v) is 5.48. The average molecular weight is 475 g/mol. The molecule has 3 amide bonds. The Bertz CT molecular complexity index is 947. The summed E-state index contributed by atoms with van der Waals surface area (Å²) in [7, 11) is 1.56. The number of carbonyl (C=O) groups is 3. The molecule has 1 aromatic carbocycles. The zero-order valence-electron chi connectivity index (χ0n) is 20.5. The zero-order chi connectivity index (χ0) is 24.9. The van der Waals surface area contributed by atoms with Gasteiger partial charge in [0.05, 0.1) is 25.3 Å². The first-order chi connectivity index (χ1) is 16.1. The minimum absolute atomic E-state index is 0.211. The van der Waals surface area contributed by atoms with Crippen molar-refractivity contribution < 1.29 is 28.6 Å². The largest absolute Gasteiger partial charge is 0.497 e. The Kier molecular flexibility index (Phi) is 8.03. The summed E-state index contributed by atoms with van der Waals surface area (Å²) in [5.74, 6) is 0.124. The molecule has 10 heteroatoms. The van der Waals surface area contributed by atoms with Crippen molar-refractivity contribution in [3.8, 4) is 5.75 Å². The van der Waals surface area contributed by atoms with Crippen molar-refractivity contribution in [2.45, 2.75) is 39.3 Å². The summed E-state index contributed by atoms with van der Waals surface area (Å²) in [5.41, 5.74) is 0.997. The monoisotopic (exact) mass is 474 g/mol. The molecule has 0 aromatic heterocycles. The number of amides is 3. The lowest BCUT2D eigenvalue weighted by Gasteiger charge is -2.37. The highest BCUT2D eigenvalue weighted by atomic mass is 16.6. The van der Waals surface area contributed by atoms with Crippen LogP contribution in [0.4, 0.5) is 9.59 Å². The summed E-state index contributed by atoms with van der Waals surface area (Å²) in [6, 6.07) is 6.14. The molecule has 1 saturated heterocycles. The van der Waals surface area contributed by atoms with Gasteiger partial charge in [0.25, 0.3) is 0 Å². The first-order valence-electron chi connectivity index (χ1n) is 11.4. The molecule has 2 aliphatic rings. The molecule has 2 N–H and O–H groups in total. The van der Waals surface area contributed by atoms with Gasteiger partial charge in [-0.3, -0.25) is 4.90 Å². The molecular formula is C24H34N4O6. The van der Waals surface area contributed by atoms with Crippen molar-refractivity contribution in [2.24, 2.45) is 0 Å². The van der Waals surface area contributed by atoms with Gasteiger partial charge in [-0.2, -0.15) is 0 Å². The van der Waals surface area contributed by atoms with Gasteiger partial charge in [0, 0.05) is 38.4 Å². The normalized spacial score (nSPS) is 19.3. The van der Waals surface area contributed by atoms with Gasteiger partial charge in [-0.15, -0.1) is 0 Å². The van der Waals surface area contributed by atoms with Crippen LogP contribution in [0.2, 0.25) is 0 Å². The number of urea groups is 1. The third-order valence-electron chi connectivity index (χ3n) is 5.48. The number of nitrogens with zero attached hydrogens (tertiary/aromatic N) is 2. The van der Waals surface area contributed by atoms with Crippen molar-refractivity contribution in [1.29, 1.82) is 0 Å². The van der Waals surface area contributed by atoms with E-state index in [4.69, 9.17) is 14.2 Å². The minimum atomic E-state index is -0.680. The summed E-state index contributed by atoms with van der Waals surface area (Å²) in [4.78, 5) is 41.6. The zero-order valence-corrected chi connectivity index (χ0v) is 20.5. The van der Waals surface area contributed by atoms with E-state index in [0.29, 0.717) is 55.3 Å². The lowest BCUT2D eigenvalue weighted by Crippen LogP contribution is -2.53. The lowest BCUT2D eigenvalue weighted by molar-refractivity contribution is -0.139. The molecule has 0 saturated carbocycles. The second-order valence-corrected chi connectivity index (χ2v) is 9.16. The smallest absolute Gasteiger partial charge is 0.410 e. The summed E-state index contributed by atoms with van der Waals surface area (Å²) in [6.45, 7) is 9.93. The van der Waals surface area contributed by atoms with Gasteiger partial charge in [0.15, 0.2) is 0 Å². The van der Waals surface area contributed by atoms with E-state index in [-0.39, 0.29) is 12.7 Å². The first-order valence-corrected chi connectivity index (χ1v) is 11.4. The Morgan fingerprint density at radius 1 is 1.15 bits per heavy atom. The van der Waals surface area contributed by atoms with Crippen LogP contribution in [0.25, 0.3) is 0 Å². The molecule has 2 heterocycles. The molecule has 1 fully saturated rings. The summed E-state index contributed by atoms with van der Waals surface area (Å²) in [5, 5.41) is 5.63. The van der Waals surface area contributed by atoms with Crippen molar-refractivity contribution >= 4 is 18.1 Å². The molecule has 1 aromatic rings. The summed E-state index contributed by atoms with van der Waals surface area (Å²) < 4.78 is 16.1. The Hall–Kier alpha value is -3.27. The van der Waals surface area contributed by atoms with Crippen LogP contribution in [0.15, 0.2) is 35.5 Å². The van der Waals surface area contributed by atoms with E-state index >= 15 is 0 Å². The number of esters is 1. The summed E-state index contributed by atoms with van der Waals surface area (Å²) >= 11 is 0. The number of hydrogen-bond donors (Lipinski definition) is 2. The van der Waals surface area contributed by atoms with E-state index in [1.54, 1.807) is 37.1 Å². The van der Waals surface area contributed by atoms with E-state index in [0.717, 1.165) is 0 Å². The fourth-order valence-corrected chi connectivity index (χ4v) is 3.90. The molecule has 0 aliphatic carbocycles. The van der Waals surface area contributed by atoms with Crippen LogP contribution in [-0.2, 0) is 14.3 Å². The van der Waals surface area contributed by atoms with Gasteiger partial charge in [0.2, 0.25) is 0 Å². The van der Waals surface area contributed by atoms with Crippen LogP contribution < -0.4 is 15.4 Å². The molecular weight excluding hydrogens is 440 g/mol. The number of carbonyl (C=O) groups excluding carboxylic acids is 3. The predicted molar refractivity (Wildman–Crippen MR) is 125 cm³/mol. The van der Waals surface area contributed by atoms with Gasteiger partial charge in [-0.1, -0.05) is 12.1 Å². The molecule has 1 unspecified atom stereocenters. The van der Waals surface area contributed by atoms with E-state index in [2.05, 4.69) is 15.5 Å². The van der Waals surface area contributed by atoms with Crippen LogP contribution in [0.5, 0.6) is 5.75 Å². The van der Waals surface area contributed by atoms with Gasteiger partial charge in [-0.05, 0) is 45.4 Å². The van der Waals surface area contributed by atoms with E-state index in [1.165, 1.54) is 0 Å². The van der Waals surface area contributed by atoms with Crippen LogP contribution in [-0.4, -0.2) is 79.9 Å². The van der Waals surface area contributed by atoms with Gasteiger partial charge in [0.1, 0.15) is 11.4 Å². The highest BCUT2D eigenvalue weighted by Crippen LogP contribution is 2.30. The Labute approximate surface area is 200 Å². The van der Waals surface area contributed by atoms with E-state index in [1.807, 2.05) is 26.8 Å². The molecule has 0 radical (unpaired) electrons. The van der Waals surface area contributed by atoms with Gasteiger partial charge < -0.3 is 29.7 Å². The second kappa shape index (κ2) is 10.8. The topological polar surface area (TPSA) is 109 Å². The number of rotatable bonds is 6. The van der Waals surface area contributed by atoms with E-state index < -0.39 is 23.6 Å². The van der Waals surface area contributed by atoms with Crippen LogP contribution in [0, 0.1) is 0 Å². The maximum atomic E-state index is 13.0. The molecule has 10 nitrogen and oxygen atoms in total. The molecule has 34 heavy (non-hydrogen) atoms. The maximum Gasteiger partial charge on any atom is 0.410 e. The molecule has 186 valence electrons. The number of nitrogens with one attached hydrogen (secondary N) is 2. The van der Waals surface area contributed by atoms with Gasteiger partial charge >= 0.3 is 18.1 Å². The fraction of sp³-hybridized carbons (Fsp3) is 0.542. The fourth-order valence-electron chi connectivity index (χ4n) is 3.90. The van der Waals surface area contributed by atoms with Crippen molar-refractivity contribution in [3.63, 3.8) is 0 Å². The van der Waals surface area contributed by atoms with Crippen LogP contribution in [0.3, 0.4) is 0 Å². The molecule has 0 bridgehead atoms. The van der Waals surface area contributed by atoms with Gasteiger partial charge in [-0.25, -0.2) is 14.4 Å². The number of ether oxygens (including phenoxy) is 3. The second-order valence-electron chi connectivity index (χ2n) is 9.16. The Balaban J connectivity index is 1.81. The predicted octanol–water partition coefficient (Wildman–Crippen LogP) is 2.42. The quantitative estimate of drug-likeness (QED) is 0.610. The Morgan fingerprint density at radius 2 is 1.85 bits per heavy atom. The maximum absolute atomic E-state index is 13.0. The number of benzene rings is 1. The van der Waals surface area contributed by atoms with Crippen molar-refractivity contribution in [1.82, 2.24) is 20.4 Å². The molecule has 2 aliphatic heterocycles. The van der Waals surface area contributed by atoms with Crippen molar-refractivity contribution in [2.75, 3.05) is 46.4 Å². The average Bonchev–Trinajstić information content (AvgIpc) is 2.78. The third kappa shape index (κ3) is 6.40. The van der Waals surface area contributed by atoms with Crippen LogP contribution >= 0.6 is 0 Å².